The summed E-state index contributed by atoms with van der Waals surface area (Å²) in [5.41, 5.74) is 1.12. The lowest BCUT2D eigenvalue weighted by atomic mass is 10.2. The standard InChI is InChI=1S/C17H17ClN2O4/c1-3-16(24-13-7-4-11(2)5-8-13)17(21)19-12-6-9-14(18)15(10-12)20(22)23/h4-10,16H,3H2,1-2H3,(H,19,21). The molecule has 0 aliphatic rings. The largest absolute Gasteiger partial charge is 0.481 e. The summed E-state index contributed by atoms with van der Waals surface area (Å²) in [5, 5.41) is 13.5. The van der Waals surface area contributed by atoms with E-state index in [9.17, 15) is 14.9 Å². The van der Waals surface area contributed by atoms with E-state index in [2.05, 4.69) is 5.32 Å². The average Bonchev–Trinajstić information content (AvgIpc) is 2.55. The van der Waals surface area contributed by atoms with Crippen molar-refractivity contribution in [1.29, 1.82) is 0 Å². The highest BCUT2D eigenvalue weighted by molar-refractivity contribution is 6.32. The van der Waals surface area contributed by atoms with Gasteiger partial charge in [-0.25, -0.2) is 0 Å². The molecule has 24 heavy (non-hydrogen) atoms. The minimum Gasteiger partial charge on any atom is -0.481 e. The van der Waals surface area contributed by atoms with Gasteiger partial charge in [0.2, 0.25) is 0 Å². The number of hydrogen-bond acceptors (Lipinski definition) is 4. The molecule has 0 radical (unpaired) electrons. The number of ether oxygens (including phenoxy) is 1. The molecule has 0 bridgehead atoms. The van der Waals surface area contributed by atoms with Crippen molar-refractivity contribution in [3.63, 3.8) is 0 Å². The number of carbonyl (C=O) groups is 1. The Morgan fingerprint density at radius 1 is 1.29 bits per heavy atom. The fourth-order valence-corrected chi connectivity index (χ4v) is 2.24. The molecule has 6 nitrogen and oxygen atoms in total. The first-order valence-corrected chi connectivity index (χ1v) is 7.76. The van der Waals surface area contributed by atoms with Gasteiger partial charge in [-0.15, -0.1) is 0 Å². The van der Waals surface area contributed by atoms with Crippen LogP contribution in [0.2, 0.25) is 5.02 Å². The number of nitro benzene ring substituents is 1. The highest BCUT2D eigenvalue weighted by atomic mass is 35.5. The normalized spacial score (nSPS) is 11.6. The van der Waals surface area contributed by atoms with Crippen LogP contribution in [-0.4, -0.2) is 16.9 Å². The number of aryl methyl sites for hydroxylation is 1. The monoisotopic (exact) mass is 348 g/mol. The first-order chi connectivity index (χ1) is 11.4. The summed E-state index contributed by atoms with van der Waals surface area (Å²) in [5.74, 6) is 0.208. The smallest absolute Gasteiger partial charge is 0.289 e. The zero-order valence-corrected chi connectivity index (χ0v) is 14.0. The Hall–Kier alpha value is -2.60. The highest BCUT2D eigenvalue weighted by Gasteiger charge is 2.20. The summed E-state index contributed by atoms with van der Waals surface area (Å²) < 4.78 is 5.68. The van der Waals surface area contributed by atoms with Crippen molar-refractivity contribution in [2.24, 2.45) is 0 Å². The summed E-state index contributed by atoms with van der Waals surface area (Å²) >= 11 is 5.76. The van der Waals surface area contributed by atoms with E-state index in [1.165, 1.54) is 18.2 Å². The number of halogens is 1. The Bertz CT molecular complexity index is 747. The van der Waals surface area contributed by atoms with Gasteiger partial charge in [-0.2, -0.15) is 0 Å². The first kappa shape index (κ1) is 17.7. The summed E-state index contributed by atoms with van der Waals surface area (Å²) in [6.45, 7) is 3.78. The molecule has 126 valence electrons. The molecule has 0 spiro atoms. The SMILES string of the molecule is CCC(Oc1ccc(C)cc1)C(=O)Nc1ccc(Cl)c([N+](=O)[O-])c1. The molecule has 1 N–H and O–H groups in total. The number of rotatable bonds is 6. The molecule has 0 aliphatic carbocycles. The first-order valence-electron chi connectivity index (χ1n) is 7.39. The lowest BCUT2D eigenvalue weighted by Crippen LogP contribution is -2.32. The van der Waals surface area contributed by atoms with Crippen molar-refractivity contribution in [3.05, 3.63) is 63.2 Å². The van der Waals surface area contributed by atoms with Gasteiger partial charge in [0, 0.05) is 11.8 Å². The number of anilines is 1. The van der Waals surface area contributed by atoms with Crippen LogP contribution in [0.15, 0.2) is 42.5 Å². The van der Waals surface area contributed by atoms with Gasteiger partial charge in [0.1, 0.15) is 10.8 Å². The van der Waals surface area contributed by atoms with Crippen molar-refractivity contribution >= 4 is 28.9 Å². The predicted molar refractivity (Wildman–Crippen MR) is 92.6 cm³/mol. The quantitative estimate of drug-likeness (QED) is 0.621. The summed E-state index contributed by atoms with van der Waals surface area (Å²) in [6, 6.07) is 11.5. The Labute approximate surface area is 144 Å². The van der Waals surface area contributed by atoms with Crippen LogP contribution in [0.1, 0.15) is 18.9 Å². The third kappa shape index (κ3) is 4.45. The van der Waals surface area contributed by atoms with Crippen LogP contribution in [0.3, 0.4) is 0 Å². The maximum Gasteiger partial charge on any atom is 0.289 e. The van der Waals surface area contributed by atoms with Crippen LogP contribution in [0.5, 0.6) is 5.75 Å². The Kier molecular flexibility index (Phi) is 5.76. The number of nitrogens with zero attached hydrogens (tertiary/aromatic N) is 1. The van der Waals surface area contributed by atoms with E-state index in [4.69, 9.17) is 16.3 Å². The van der Waals surface area contributed by atoms with Crippen LogP contribution in [0, 0.1) is 17.0 Å². The van der Waals surface area contributed by atoms with Crippen molar-refractivity contribution in [2.75, 3.05) is 5.32 Å². The third-order valence-electron chi connectivity index (χ3n) is 3.37. The molecule has 1 unspecified atom stereocenters. The van der Waals surface area contributed by atoms with Crippen molar-refractivity contribution in [1.82, 2.24) is 0 Å². The number of carbonyl (C=O) groups excluding carboxylic acids is 1. The highest BCUT2D eigenvalue weighted by Crippen LogP contribution is 2.27. The van der Waals surface area contributed by atoms with Gasteiger partial charge in [0.15, 0.2) is 6.10 Å². The average molecular weight is 349 g/mol. The van der Waals surface area contributed by atoms with Crippen LogP contribution < -0.4 is 10.1 Å². The number of hydrogen-bond donors (Lipinski definition) is 1. The molecular weight excluding hydrogens is 332 g/mol. The molecule has 1 atom stereocenters. The lowest BCUT2D eigenvalue weighted by Gasteiger charge is -2.17. The van der Waals surface area contributed by atoms with E-state index in [0.717, 1.165) is 5.56 Å². The summed E-state index contributed by atoms with van der Waals surface area (Å²) in [4.78, 5) is 22.6. The minimum atomic E-state index is -0.706. The molecular formula is C17H17ClN2O4. The summed E-state index contributed by atoms with van der Waals surface area (Å²) in [6.07, 6.45) is -0.252. The summed E-state index contributed by atoms with van der Waals surface area (Å²) in [7, 11) is 0. The van der Waals surface area contributed by atoms with Gasteiger partial charge in [0.25, 0.3) is 11.6 Å². The Morgan fingerprint density at radius 3 is 2.54 bits per heavy atom. The van der Waals surface area contributed by atoms with Crippen LogP contribution in [0.25, 0.3) is 0 Å². The minimum absolute atomic E-state index is 0.0148. The fraction of sp³-hybridized carbons (Fsp3) is 0.235. The van der Waals surface area contributed by atoms with Crippen LogP contribution >= 0.6 is 11.6 Å². The van der Waals surface area contributed by atoms with Gasteiger partial charge in [0.05, 0.1) is 4.92 Å². The molecule has 2 aromatic carbocycles. The molecule has 2 aromatic rings. The van der Waals surface area contributed by atoms with Crippen LogP contribution in [0.4, 0.5) is 11.4 Å². The van der Waals surface area contributed by atoms with Gasteiger partial charge in [-0.05, 0) is 37.6 Å². The zero-order chi connectivity index (χ0) is 17.7. The van der Waals surface area contributed by atoms with Crippen LogP contribution in [-0.2, 0) is 4.79 Å². The van der Waals surface area contributed by atoms with Gasteiger partial charge >= 0.3 is 0 Å². The fourth-order valence-electron chi connectivity index (χ4n) is 2.06. The number of nitro groups is 1. The molecule has 0 aromatic heterocycles. The van der Waals surface area contributed by atoms with Crippen molar-refractivity contribution in [3.8, 4) is 5.75 Å². The van der Waals surface area contributed by atoms with Gasteiger partial charge in [-0.3, -0.25) is 14.9 Å². The molecule has 1 amide bonds. The molecule has 2 rings (SSSR count). The Balaban J connectivity index is 2.10. The van der Waals surface area contributed by atoms with E-state index in [1.807, 2.05) is 26.0 Å². The predicted octanol–water partition coefficient (Wildman–Crippen LogP) is 4.35. The maximum atomic E-state index is 12.3. The molecule has 0 saturated heterocycles. The topological polar surface area (TPSA) is 81.5 Å². The van der Waals surface area contributed by atoms with Gasteiger partial charge < -0.3 is 10.1 Å². The maximum absolute atomic E-state index is 12.3. The molecule has 0 heterocycles. The second kappa shape index (κ2) is 7.79. The number of amides is 1. The van der Waals surface area contributed by atoms with E-state index in [1.54, 1.807) is 12.1 Å². The molecule has 0 fully saturated rings. The molecule has 0 aliphatic heterocycles. The van der Waals surface area contributed by atoms with Crippen molar-refractivity contribution < 1.29 is 14.5 Å². The Morgan fingerprint density at radius 2 is 1.96 bits per heavy atom. The van der Waals surface area contributed by atoms with E-state index < -0.39 is 11.0 Å². The number of nitrogens with one attached hydrogen (secondary N) is 1. The van der Waals surface area contributed by atoms with E-state index >= 15 is 0 Å². The number of benzene rings is 2. The van der Waals surface area contributed by atoms with E-state index in [0.29, 0.717) is 17.9 Å². The third-order valence-corrected chi connectivity index (χ3v) is 3.69. The zero-order valence-electron chi connectivity index (χ0n) is 13.3. The van der Waals surface area contributed by atoms with Crippen molar-refractivity contribution in [2.45, 2.75) is 26.4 Å². The molecule has 7 heteroatoms. The van der Waals surface area contributed by atoms with Gasteiger partial charge in [-0.1, -0.05) is 36.2 Å². The lowest BCUT2D eigenvalue weighted by molar-refractivity contribution is -0.384. The second-order valence-electron chi connectivity index (χ2n) is 5.24. The molecule has 0 saturated carbocycles. The van der Waals surface area contributed by atoms with E-state index in [-0.39, 0.29) is 16.6 Å². The second-order valence-corrected chi connectivity index (χ2v) is 5.65.